The summed E-state index contributed by atoms with van der Waals surface area (Å²) >= 11 is 0. The number of likely N-dealkylation sites (tertiary alicyclic amines) is 1. The molecular formula is C20H16F3N3O3. The Labute approximate surface area is 163 Å². The third-order valence-corrected chi connectivity index (χ3v) is 4.54. The lowest BCUT2D eigenvalue weighted by atomic mass is 9.98. The van der Waals surface area contributed by atoms with E-state index >= 15 is 0 Å². The molecule has 29 heavy (non-hydrogen) atoms. The van der Waals surface area contributed by atoms with Gasteiger partial charge >= 0.3 is 6.36 Å². The number of ether oxygens (including phenoxy) is 1. The zero-order chi connectivity index (χ0) is 20.4. The van der Waals surface area contributed by atoms with Gasteiger partial charge in [-0.15, -0.1) is 13.2 Å². The molecule has 1 aromatic heterocycles. The summed E-state index contributed by atoms with van der Waals surface area (Å²) in [5.41, 5.74) is 1.36. The van der Waals surface area contributed by atoms with Gasteiger partial charge in [-0.25, -0.2) is 0 Å². The largest absolute Gasteiger partial charge is 0.573 e. The fraction of sp³-hybridized carbons (Fsp3) is 0.250. The van der Waals surface area contributed by atoms with Crippen molar-refractivity contribution >= 4 is 5.91 Å². The van der Waals surface area contributed by atoms with E-state index < -0.39 is 6.36 Å². The smallest absolute Gasteiger partial charge is 0.406 e. The van der Waals surface area contributed by atoms with Gasteiger partial charge in [0.15, 0.2) is 5.82 Å². The molecule has 0 saturated carbocycles. The third kappa shape index (κ3) is 4.56. The molecule has 1 saturated heterocycles. The van der Waals surface area contributed by atoms with E-state index in [-0.39, 0.29) is 23.1 Å². The molecule has 1 fully saturated rings. The first-order valence-corrected chi connectivity index (χ1v) is 8.89. The fourth-order valence-electron chi connectivity index (χ4n) is 3.07. The molecule has 0 N–H and O–H groups in total. The Morgan fingerprint density at radius 3 is 2.45 bits per heavy atom. The van der Waals surface area contributed by atoms with Crippen LogP contribution in [0.25, 0.3) is 0 Å². The lowest BCUT2D eigenvalue weighted by Crippen LogP contribution is -2.48. The van der Waals surface area contributed by atoms with Crippen molar-refractivity contribution in [3.05, 3.63) is 77.4 Å². The first-order valence-electron chi connectivity index (χ1n) is 8.89. The highest BCUT2D eigenvalue weighted by Gasteiger charge is 2.36. The van der Waals surface area contributed by atoms with Gasteiger partial charge in [-0.3, -0.25) is 4.79 Å². The molecule has 0 spiro atoms. The Balaban J connectivity index is 1.32. The summed E-state index contributed by atoms with van der Waals surface area (Å²) in [6, 6.07) is 14.6. The van der Waals surface area contributed by atoms with E-state index in [1.807, 2.05) is 30.3 Å². The third-order valence-electron chi connectivity index (χ3n) is 4.54. The van der Waals surface area contributed by atoms with E-state index in [9.17, 15) is 18.0 Å². The molecule has 150 valence electrons. The van der Waals surface area contributed by atoms with Gasteiger partial charge in [0.1, 0.15) is 5.75 Å². The van der Waals surface area contributed by atoms with Gasteiger partial charge in [0.25, 0.3) is 5.91 Å². The number of rotatable bonds is 5. The zero-order valence-electron chi connectivity index (χ0n) is 15.1. The summed E-state index contributed by atoms with van der Waals surface area (Å²) in [5.74, 6) is 0.366. The van der Waals surface area contributed by atoms with Crippen LogP contribution in [0.1, 0.15) is 33.6 Å². The molecule has 9 heteroatoms. The number of benzene rings is 2. The van der Waals surface area contributed by atoms with Crippen molar-refractivity contribution in [2.75, 3.05) is 13.1 Å². The lowest BCUT2D eigenvalue weighted by Gasteiger charge is -2.37. The van der Waals surface area contributed by atoms with E-state index in [0.29, 0.717) is 31.2 Å². The molecule has 0 unspecified atom stereocenters. The van der Waals surface area contributed by atoms with E-state index in [4.69, 9.17) is 4.52 Å². The van der Waals surface area contributed by atoms with Gasteiger partial charge in [0.2, 0.25) is 5.89 Å². The van der Waals surface area contributed by atoms with Crippen molar-refractivity contribution in [1.82, 2.24) is 15.0 Å². The van der Waals surface area contributed by atoms with Crippen LogP contribution in [-0.4, -0.2) is 40.4 Å². The van der Waals surface area contributed by atoms with E-state index in [1.54, 1.807) is 4.90 Å². The fourth-order valence-corrected chi connectivity index (χ4v) is 3.07. The Bertz CT molecular complexity index is 981. The summed E-state index contributed by atoms with van der Waals surface area (Å²) in [6.45, 7) is 0.819. The molecule has 0 radical (unpaired) electrons. The topological polar surface area (TPSA) is 68.5 Å². The van der Waals surface area contributed by atoms with Gasteiger partial charge in [-0.2, -0.15) is 4.98 Å². The van der Waals surface area contributed by atoms with Crippen LogP contribution in [0.2, 0.25) is 0 Å². The molecule has 0 bridgehead atoms. The summed E-state index contributed by atoms with van der Waals surface area (Å²) in [4.78, 5) is 18.4. The van der Waals surface area contributed by atoms with Crippen LogP contribution in [-0.2, 0) is 6.42 Å². The second-order valence-electron chi connectivity index (χ2n) is 6.69. The average Bonchev–Trinajstić information content (AvgIpc) is 3.08. The van der Waals surface area contributed by atoms with Crippen LogP contribution in [0, 0.1) is 0 Å². The Morgan fingerprint density at radius 1 is 1.10 bits per heavy atom. The summed E-state index contributed by atoms with van der Waals surface area (Å²) in [6.07, 6.45) is -4.20. The first-order chi connectivity index (χ1) is 13.9. The summed E-state index contributed by atoms with van der Waals surface area (Å²) in [7, 11) is 0. The molecule has 2 aromatic carbocycles. The molecule has 4 rings (SSSR count). The van der Waals surface area contributed by atoms with E-state index in [2.05, 4.69) is 14.9 Å². The number of alkyl halides is 3. The second-order valence-corrected chi connectivity index (χ2v) is 6.69. The van der Waals surface area contributed by atoms with Crippen molar-refractivity contribution < 1.29 is 27.2 Å². The van der Waals surface area contributed by atoms with Crippen LogP contribution in [0.4, 0.5) is 13.2 Å². The van der Waals surface area contributed by atoms with Crippen LogP contribution < -0.4 is 4.74 Å². The predicted molar refractivity (Wildman–Crippen MR) is 95.3 cm³/mol. The normalized spacial score (nSPS) is 14.5. The predicted octanol–water partition coefficient (Wildman–Crippen LogP) is 3.80. The van der Waals surface area contributed by atoms with E-state index in [1.165, 1.54) is 12.1 Å². The highest BCUT2D eigenvalue weighted by atomic mass is 19.4. The maximum atomic E-state index is 12.4. The van der Waals surface area contributed by atoms with E-state index in [0.717, 1.165) is 17.7 Å². The number of nitrogens with zero attached hydrogens (tertiary/aromatic N) is 3. The molecule has 0 aliphatic carbocycles. The van der Waals surface area contributed by atoms with Crippen LogP contribution in [0.15, 0.2) is 59.1 Å². The molecule has 1 aliphatic heterocycles. The molecule has 2 heterocycles. The van der Waals surface area contributed by atoms with Crippen LogP contribution in [0.5, 0.6) is 5.75 Å². The highest BCUT2D eigenvalue weighted by Crippen LogP contribution is 2.28. The molecule has 6 nitrogen and oxygen atoms in total. The minimum absolute atomic E-state index is 0.0520. The molecule has 1 aliphatic rings. The van der Waals surface area contributed by atoms with Gasteiger partial charge in [0, 0.05) is 25.1 Å². The van der Waals surface area contributed by atoms with Crippen molar-refractivity contribution in [2.45, 2.75) is 18.7 Å². The maximum absolute atomic E-state index is 12.4. The number of carbonyl (C=O) groups excluding carboxylic acids is 1. The highest BCUT2D eigenvalue weighted by molar-refractivity contribution is 5.95. The van der Waals surface area contributed by atoms with Crippen LogP contribution in [0.3, 0.4) is 0 Å². The minimum atomic E-state index is -4.76. The van der Waals surface area contributed by atoms with Gasteiger partial charge < -0.3 is 14.2 Å². The SMILES string of the molecule is O=C(c1ccc(OC(F)(F)F)cc1)N1CC(c2nc(Cc3ccccc3)no2)C1. The first kappa shape index (κ1) is 19.0. The van der Waals surface area contributed by atoms with Crippen molar-refractivity contribution in [1.29, 1.82) is 0 Å². The molecule has 1 amide bonds. The van der Waals surface area contributed by atoms with Crippen molar-refractivity contribution in [2.24, 2.45) is 0 Å². The average molecular weight is 403 g/mol. The number of halogens is 3. The Kier molecular flexibility index (Phi) is 4.96. The van der Waals surface area contributed by atoms with Crippen molar-refractivity contribution in [3.8, 4) is 5.75 Å². The summed E-state index contributed by atoms with van der Waals surface area (Å²) < 4.78 is 45.7. The number of carbonyl (C=O) groups is 1. The molecular weight excluding hydrogens is 387 g/mol. The zero-order valence-corrected chi connectivity index (χ0v) is 15.1. The number of amides is 1. The number of aromatic nitrogens is 2. The van der Waals surface area contributed by atoms with Gasteiger partial charge in [-0.05, 0) is 29.8 Å². The minimum Gasteiger partial charge on any atom is -0.406 e. The Morgan fingerprint density at radius 2 is 1.79 bits per heavy atom. The maximum Gasteiger partial charge on any atom is 0.573 e. The second kappa shape index (κ2) is 7.57. The Hall–Kier alpha value is -3.36. The number of hydrogen-bond acceptors (Lipinski definition) is 5. The lowest BCUT2D eigenvalue weighted by molar-refractivity contribution is -0.274. The van der Waals surface area contributed by atoms with Crippen molar-refractivity contribution in [3.63, 3.8) is 0 Å². The quantitative estimate of drug-likeness (QED) is 0.648. The molecule has 0 atom stereocenters. The number of hydrogen-bond donors (Lipinski definition) is 0. The van der Waals surface area contributed by atoms with Crippen LogP contribution >= 0.6 is 0 Å². The van der Waals surface area contributed by atoms with Gasteiger partial charge in [-0.1, -0.05) is 35.5 Å². The summed E-state index contributed by atoms with van der Waals surface area (Å²) in [5, 5.41) is 3.99. The standard InChI is InChI=1S/C20H16F3N3O3/c21-20(22,23)28-16-8-6-14(7-9-16)19(27)26-11-15(12-26)18-24-17(25-29-18)10-13-4-2-1-3-5-13/h1-9,15H,10-12H2. The monoisotopic (exact) mass is 403 g/mol. The van der Waals surface area contributed by atoms with Gasteiger partial charge in [0.05, 0.1) is 5.92 Å². The molecule has 3 aromatic rings.